The Morgan fingerprint density at radius 2 is 1.97 bits per heavy atom. The van der Waals surface area contributed by atoms with Crippen molar-refractivity contribution in [2.24, 2.45) is 0 Å². The minimum Gasteiger partial charge on any atom is -0.496 e. The molecule has 3 aromatic rings. The Labute approximate surface area is 178 Å². The molecule has 0 N–H and O–H groups in total. The Balaban J connectivity index is 1.93. The van der Waals surface area contributed by atoms with E-state index in [1.54, 1.807) is 36.5 Å². The fourth-order valence-corrected chi connectivity index (χ4v) is 4.17. The average molecular weight is 439 g/mol. The monoisotopic (exact) mass is 438 g/mol. The number of hydrogen-bond donors (Lipinski definition) is 0. The normalized spacial score (nSPS) is 13.2. The third kappa shape index (κ3) is 3.73. The van der Waals surface area contributed by atoms with Gasteiger partial charge in [-0.2, -0.15) is 5.26 Å². The van der Waals surface area contributed by atoms with Crippen LogP contribution in [-0.4, -0.2) is 25.5 Å². The Bertz CT molecular complexity index is 1300. The van der Waals surface area contributed by atoms with Crippen molar-refractivity contribution in [3.8, 4) is 11.8 Å². The predicted octanol–water partition coefficient (Wildman–Crippen LogP) is 3.69. The van der Waals surface area contributed by atoms with Gasteiger partial charge in [0.2, 0.25) is 0 Å². The SMILES string of the molecule is COc1cc(C#N)ccc1C1=CN(c2ccncn2)Cc2cc(S(=O)(=O)Cl)ccc21. The molecule has 2 heterocycles. The van der Waals surface area contributed by atoms with Crippen molar-refractivity contribution in [1.29, 1.82) is 5.26 Å². The summed E-state index contributed by atoms with van der Waals surface area (Å²) in [6.07, 6.45) is 5.00. The number of anilines is 1. The summed E-state index contributed by atoms with van der Waals surface area (Å²) in [5.74, 6) is 1.18. The van der Waals surface area contributed by atoms with Crippen LogP contribution in [0.2, 0.25) is 0 Å². The summed E-state index contributed by atoms with van der Waals surface area (Å²) in [7, 11) is 3.22. The van der Waals surface area contributed by atoms with Gasteiger partial charge >= 0.3 is 0 Å². The second kappa shape index (κ2) is 7.78. The molecule has 1 aromatic heterocycles. The Morgan fingerprint density at radius 1 is 1.17 bits per heavy atom. The molecule has 1 aliphatic rings. The summed E-state index contributed by atoms with van der Waals surface area (Å²) in [6.45, 7) is 0.398. The molecule has 0 aliphatic carbocycles. The molecule has 0 bridgehead atoms. The zero-order valence-electron chi connectivity index (χ0n) is 15.8. The fourth-order valence-electron chi connectivity index (χ4n) is 3.37. The molecule has 0 amide bonds. The number of rotatable bonds is 4. The van der Waals surface area contributed by atoms with Gasteiger partial charge in [0.1, 0.15) is 17.9 Å². The molecule has 30 heavy (non-hydrogen) atoms. The van der Waals surface area contributed by atoms with E-state index < -0.39 is 9.05 Å². The van der Waals surface area contributed by atoms with Gasteiger partial charge in [0.15, 0.2) is 0 Å². The number of hydrogen-bond acceptors (Lipinski definition) is 7. The molecule has 7 nitrogen and oxygen atoms in total. The van der Waals surface area contributed by atoms with Crippen molar-refractivity contribution in [3.63, 3.8) is 0 Å². The summed E-state index contributed by atoms with van der Waals surface area (Å²) in [5, 5.41) is 9.20. The lowest BCUT2D eigenvalue weighted by Gasteiger charge is -2.29. The van der Waals surface area contributed by atoms with E-state index in [2.05, 4.69) is 16.0 Å². The smallest absolute Gasteiger partial charge is 0.261 e. The van der Waals surface area contributed by atoms with E-state index in [0.717, 1.165) is 22.3 Å². The summed E-state index contributed by atoms with van der Waals surface area (Å²) in [4.78, 5) is 10.2. The van der Waals surface area contributed by atoms with Crippen LogP contribution >= 0.6 is 10.7 Å². The molecule has 150 valence electrons. The first kappa shape index (κ1) is 19.9. The quantitative estimate of drug-likeness (QED) is 0.573. The zero-order valence-corrected chi connectivity index (χ0v) is 17.4. The van der Waals surface area contributed by atoms with Crippen LogP contribution < -0.4 is 9.64 Å². The molecule has 4 rings (SSSR count). The Kier molecular flexibility index (Phi) is 5.16. The molecule has 0 unspecified atom stereocenters. The van der Waals surface area contributed by atoms with E-state index in [1.807, 2.05) is 17.2 Å². The molecule has 0 saturated heterocycles. The van der Waals surface area contributed by atoms with Gasteiger partial charge in [-0.15, -0.1) is 0 Å². The summed E-state index contributed by atoms with van der Waals surface area (Å²) < 4.78 is 29.2. The van der Waals surface area contributed by atoms with Crippen LogP contribution in [0.3, 0.4) is 0 Å². The lowest BCUT2D eigenvalue weighted by molar-refractivity contribution is 0.413. The van der Waals surface area contributed by atoms with E-state index in [4.69, 9.17) is 15.4 Å². The highest BCUT2D eigenvalue weighted by Gasteiger charge is 2.24. The Morgan fingerprint density at radius 3 is 2.63 bits per heavy atom. The van der Waals surface area contributed by atoms with Gasteiger partial charge in [-0.1, -0.05) is 6.07 Å². The molecule has 0 saturated carbocycles. The van der Waals surface area contributed by atoms with Crippen LogP contribution in [0.4, 0.5) is 5.82 Å². The molecule has 0 radical (unpaired) electrons. The number of nitrogens with zero attached hydrogens (tertiary/aromatic N) is 4. The second-order valence-electron chi connectivity index (χ2n) is 6.52. The van der Waals surface area contributed by atoms with E-state index in [9.17, 15) is 13.7 Å². The van der Waals surface area contributed by atoms with Crippen molar-refractivity contribution in [2.45, 2.75) is 11.4 Å². The fraction of sp³-hybridized carbons (Fsp3) is 0.0952. The van der Waals surface area contributed by atoms with Crippen molar-refractivity contribution in [3.05, 3.63) is 83.4 Å². The van der Waals surface area contributed by atoms with Crippen LogP contribution in [-0.2, 0) is 15.6 Å². The standard InChI is InChI=1S/C21H15ClN4O3S/c1-29-20-8-14(10-23)2-4-18(20)19-12-26(21-6-7-24-13-25-21)11-15-9-16(30(22,27)28)3-5-17(15)19/h2-9,12-13H,11H2,1H3. The summed E-state index contributed by atoms with van der Waals surface area (Å²) >= 11 is 0. The minimum atomic E-state index is -3.87. The largest absolute Gasteiger partial charge is 0.496 e. The lowest BCUT2D eigenvalue weighted by Crippen LogP contribution is -2.23. The first-order valence-corrected chi connectivity index (χ1v) is 11.1. The third-order valence-electron chi connectivity index (χ3n) is 4.76. The number of nitriles is 1. The van der Waals surface area contributed by atoms with Gasteiger partial charge in [-0.05, 0) is 47.5 Å². The molecule has 2 aromatic carbocycles. The highest BCUT2D eigenvalue weighted by Crippen LogP contribution is 2.38. The number of benzene rings is 2. The van der Waals surface area contributed by atoms with Crippen LogP contribution in [0.1, 0.15) is 22.3 Å². The van der Waals surface area contributed by atoms with Gasteiger partial charge < -0.3 is 9.64 Å². The van der Waals surface area contributed by atoms with Gasteiger partial charge in [-0.3, -0.25) is 0 Å². The van der Waals surface area contributed by atoms with Crippen LogP contribution in [0.25, 0.3) is 5.57 Å². The van der Waals surface area contributed by atoms with Crippen LogP contribution in [0.5, 0.6) is 5.75 Å². The lowest BCUT2D eigenvalue weighted by atomic mass is 9.90. The van der Waals surface area contributed by atoms with Crippen LogP contribution in [0.15, 0.2) is 66.1 Å². The zero-order chi connectivity index (χ0) is 21.3. The Hall–Kier alpha value is -3.41. The number of ether oxygens (including phenoxy) is 1. The number of aromatic nitrogens is 2. The van der Waals surface area contributed by atoms with E-state index in [1.165, 1.54) is 19.5 Å². The van der Waals surface area contributed by atoms with Gasteiger partial charge in [0, 0.05) is 40.8 Å². The van der Waals surface area contributed by atoms with Gasteiger partial charge in [0.25, 0.3) is 9.05 Å². The molecular weight excluding hydrogens is 424 g/mol. The van der Waals surface area contributed by atoms with Gasteiger partial charge in [0.05, 0.1) is 23.6 Å². The maximum absolute atomic E-state index is 11.9. The molecule has 0 fully saturated rings. The predicted molar refractivity (Wildman–Crippen MR) is 112 cm³/mol. The number of fused-ring (bicyclic) bond motifs is 1. The van der Waals surface area contributed by atoms with Crippen molar-refractivity contribution in [2.75, 3.05) is 12.0 Å². The maximum atomic E-state index is 11.9. The molecule has 9 heteroatoms. The van der Waals surface area contributed by atoms with Crippen molar-refractivity contribution in [1.82, 2.24) is 9.97 Å². The van der Waals surface area contributed by atoms with Crippen LogP contribution in [0, 0.1) is 11.3 Å². The topological polar surface area (TPSA) is 96.2 Å². The molecule has 0 atom stereocenters. The highest BCUT2D eigenvalue weighted by atomic mass is 35.7. The first-order valence-electron chi connectivity index (χ1n) is 8.81. The van der Waals surface area contributed by atoms with E-state index in [-0.39, 0.29) is 4.90 Å². The number of halogens is 1. The van der Waals surface area contributed by atoms with E-state index in [0.29, 0.717) is 23.7 Å². The van der Waals surface area contributed by atoms with Crippen molar-refractivity contribution >= 4 is 31.1 Å². The molecular formula is C21H15ClN4O3S. The van der Waals surface area contributed by atoms with Crippen molar-refractivity contribution < 1.29 is 13.2 Å². The number of methoxy groups -OCH3 is 1. The minimum absolute atomic E-state index is 0.0265. The molecule has 1 aliphatic heterocycles. The summed E-state index contributed by atoms with van der Waals surface area (Å²) in [6, 6.07) is 13.8. The van der Waals surface area contributed by atoms with E-state index >= 15 is 0 Å². The molecule has 0 spiro atoms. The van der Waals surface area contributed by atoms with Gasteiger partial charge in [-0.25, -0.2) is 18.4 Å². The third-order valence-corrected chi connectivity index (χ3v) is 6.11. The summed E-state index contributed by atoms with van der Waals surface area (Å²) in [5.41, 5.74) is 3.64. The maximum Gasteiger partial charge on any atom is 0.261 e. The highest BCUT2D eigenvalue weighted by molar-refractivity contribution is 8.13. The second-order valence-corrected chi connectivity index (χ2v) is 9.09. The average Bonchev–Trinajstić information content (AvgIpc) is 2.77. The first-order chi connectivity index (χ1) is 14.4.